The van der Waals surface area contributed by atoms with Crippen LogP contribution in [0.3, 0.4) is 0 Å². The maximum Gasteiger partial charge on any atom is 0.269 e. The van der Waals surface area contributed by atoms with Gasteiger partial charge in [-0.05, 0) is 12.1 Å². The van der Waals surface area contributed by atoms with Crippen LogP contribution in [0.4, 0.5) is 5.69 Å². The molecule has 0 amide bonds. The van der Waals surface area contributed by atoms with Gasteiger partial charge >= 0.3 is 0 Å². The molecule has 0 saturated carbocycles. The lowest BCUT2D eigenvalue weighted by Crippen LogP contribution is -2.33. The van der Waals surface area contributed by atoms with E-state index in [1.807, 2.05) is 17.0 Å². The monoisotopic (exact) mass is 216 g/mol. The molecule has 0 spiro atoms. The SMILES string of the molecule is O=[N+]([O-])c1ccc(C[n+]2ccncc2)cc1. The largest absolute Gasteiger partial charge is 0.269 e. The summed E-state index contributed by atoms with van der Waals surface area (Å²) in [5, 5.41) is 10.5. The topological polar surface area (TPSA) is 59.9 Å². The highest BCUT2D eigenvalue weighted by atomic mass is 16.6. The first-order chi connectivity index (χ1) is 7.75. The van der Waals surface area contributed by atoms with Crippen LogP contribution in [0.25, 0.3) is 0 Å². The number of nitro groups is 1. The minimum atomic E-state index is -0.399. The van der Waals surface area contributed by atoms with Crippen LogP contribution in [-0.4, -0.2) is 9.91 Å². The maximum absolute atomic E-state index is 10.5. The van der Waals surface area contributed by atoms with Gasteiger partial charge in [0.05, 0.1) is 17.3 Å². The molecule has 80 valence electrons. The van der Waals surface area contributed by atoms with Crippen LogP contribution in [0, 0.1) is 10.1 Å². The number of non-ortho nitro benzene ring substituents is 1. The Bertz CT molecular complexity index is 482. The first kappa shape index (κ1) is 10.2. The number of aromatic nitrogens is 2. The molecule has 0 bridgehead atoms. The standard InChI is InChI=1S/C11H10N3O2/c15-14(16)11-3-1-10(2-4-11)9-13-7-5-12-6-8-13/h1-8H,9H2/q+1. The van der Waals surface area contributed by atoms with Gasteiger partial charge < -0.3 is 0 Å². The quantitative estimate of drug-likeness (QED) is 0.441. The van der Waals surface area contributed by atoms with Crippen LogP contribution in [0.5, 0.6) is 0 Å². The highest BCUT2D eigenvalue weighted by molar-refractivity contribution is 5.32. The van der Waals surface area contributed by atoms with Crippen LogP contribution in [0.1, 0.15) is 5.56 Å². The molecule has 0 aliphatic rings. The van der Waals surface area contributed by atoms with Crippen LogP contribution < -0.4 is 4.57 Å². The average Bonchev–Trinajstić information content (AvgIpc) is 2.31. The van der Waals surface area contributed by atoms with Crippen molar-refractivity contribution in [3.8, 4) is 0 Å². The van der Waals surface area contributed by atoms with Crippen LogP contribution >= 0.6 is 0 Å². The number of hydrogen-bond acceptors (Lipinski definition) is 3. The van der Waals surface area contributed by atoms with E-state index in [9.17, 15) is 10.1 Å². The summed E-state index contributed by atoms with van der Waals surface area (Å²) in [6.45, 7) is 0.681. The van der Waals surface area contributed by atoms with Gasteiger partial charge in [-0.25, -0.2) is 0 Å². The minimum absolute atomic E-state index is 0.114. The minimum Gasteiger partial charge on any atom is -0.258 e. The molecule has 0 fully saturated rings. The second-order valence-electron chi connectivity index (χ2n) is 3.34. The molecule has 0 N–H and O–H groups in total. The molecule has 0 aliphatic heterocycles. The third-order valence-electron chi connectivity index (χ3n) is 2.20. The summed E-state index contributed by atoms with van der Waals surface area (Å²) in [7, 11) is 0. The Hall–Kier alpha value is -2.30. The van der Waals surface area contributed by atoms with Crippen molar-refractivity contribution >= 4 is 5.69 Å². The van der Waals surface area contributed by atoms with E-state index in [0.717, 1.165) is 5.56 Å². The molecule has 0 radical (unpaired) electrons. The molecule has 5 nitrogen and oxygen atoms in total. The van der Waals surface area contributed by atoms with E-state index in [0.29, 0.717) is 6.54 Å². The Kier molecular flexibility index (Phi) is 2.86. The van der Waals surface area contributed by atoms with Gasteiger partial charge in [0.1, 0.15) is 0 Å². The highest BCUT2D eigenvalue weighted by Gasteiger charge is 2.06. The molecule has 2 aromatic rings. The molecule has 0 atom stereocenters. The van der Waals surface area contributed by atoms with Crippen molar-refractivity contribution < 1.29 is 9.49 Å². The van der Waals surface area contributed by atoms with Gasteiger partial charge in [0.2, 0.25) is 0 Å². The van der Waals surface area contributed by atoms with Gasteiger partial charge in [0, 0.05) is 17.7 Å². The number of nitro benzene ring substituents is 1. The summed E-state index contributed by atoms with van der Waals surface area (Å²) in [6, 6.07) is 6.53. The number of benzene rings is 1. The second kappa shape index (κ2) is 4.48. The number of rotatable bonds is 3. The molecule has 0 aliphatic carbocycles. The van der Waals surface area contributed by atoms with E-state index in [1.54, 1.807) is 24.5 Å². The Balaban J connectivity index is 2.14. The third-order valence-corrected chi connectivity index (χ3v) is 2.20. The summed E-state index contributed by atoms with van der Waals surface area (Å²) in [5.41, 5.74) is 1.13. The van der Waals surface area contributed by atoms with Crippen molar-refractivity contribution in [2.45, 2.75) is 6.54 Å². The lowest BCUT2D eigenvalue weighted by molar-refractivity contribution is -0.688. The summed E-state index contributed by atoms with van der Waals surface area (Å²) in [5.74, 6) is 0. The van der Waals surface area contributed by atoms with Gasteiger partial charge in [0.15, 0.2) is 18.9 Å². The predicted molar refractivity (Wildman–Crippen MR) is 56.6 cm³/mol. The molecule has 2 rings (SSSR count). The number of hydrogen-bond donors (Lipinski definition) is 0. The normalized spacial score (nSPS) is 10.0. The first-order valence-electron chi connectivity index (χ1n) is 4.78. The van der Waals surface area contributed by atoms with Gasteiger partial charge in [-0.2, -0.15) is 4.57 Å². The van der Waals surface area contributed by atoms with Crippen molar-refractivity contribution in [2.24, 2.45) is 0 Å². The lowest BCUT2D eigenvalue weighted by atomic mass is 10.2. The zero-order valence-corrected chi connectivity index (χ0v) is 8.48. The Morgan fingerprint density at radius 1 is 1.19 bits per heavy atom. The third kappa shape index (κ3) is 2.38. The lowest BCUT2D eigenvalue weighted by Gasteiger charge is -1.96. The van der Waals surface area contributed by atoms with Crippen molar-refractivity contribution in [3.63, 3.8) is 0 Å². The van der Waals surface area contributed by atoms with Crippen LogP contribution in [0.15, 0.2) is 49.1 Å². The molecule has 1 heterocycles. The van der Waals surface area contributed by atoms with Crippen molar-refractivity contribution in [1.29, 1.82) is 0 Å². The number of nitrogens with zero attached hydrogens (tertiary/aromatic N) is 3. The maximum atomic E-state index is 10.5. The first-order valence-corrected chi connectivity index (χ1v) is 4.78. The van der Waals surface area contributed by atoms with Crippen LogP contribution in [-0.2, 0) is 6.54 Å². The van der Waals surface area contributed by atoms with Crippen LogP contribution in [0.2, 0.25) is 0 Å². The fraction of sp³-hybridized carbons (Fsp3) is 0.0909. The highest BCUT2D eigenvalue weighted by Crippen LogP contribution is 2.11. The fourth-order valence-corrected chi connectivity index (χ4v) is 1.39. The molecule has 16 heavy (non-hydrogen) atoms. The van der Waals surface area contributed by atoms with Crippen molar-refractivity contribution in [2.75, 3.05) is 0 Å². The zero-order valence-electron chi connectivity index (χ0n) is 8.48. The van der Waals surface area contributed by atoms with Gasteiger partial charge in [-0.15, -0.1) is 0 Å². The summed E-state index contributed by atoms with van der Waals surface area (Å²) in [6.07, 6.45) is 7.10. The second-order valence-corrected chi connectivity index (χ2v) is 3.34. The zero-order chi connectivity index (χ0) is 11.4. The average molecular weight is 216 g/mol. The summed E-state index contributed by atoms with van der Waals surface area (Å²) in [4.78, 5) is 14.0. The Labute approximate surface area is 92.2 Å². The summed E-state index contributed by atoms with van der Waals surface area (Å²) < 4.78 is 1.95. The molecular weight excluding hydrogens is 206 g/mol. The van der Waals surface area contributed by atoms with E-state index in [1.165, 1.54) is 12.1 Å². The summed E-state index contributed by atoms with van der Waals surface area (Å²) >= 11 is 0. The van der Waals surface area contributed by atoms with Crippen molar-refractivity contribution in [1.82, 2.24) is 4.98 Å². The smallest absolute Gasteiger partial charge is 0.258 e. The Morgan fingerprint density at radius 2 is 1.81 bits per heavy atom. The molecule has 1 aromatic heterocycles. The fourth-order valence-electron chi connectivity index (χ4n) is 1.39. The van der Waals surface area contributed by atoms with E-state index >= 15 is 0 Å². The molecular formula is C11H10N3O2+. The molecule has 5 heteroatoms. The van der Waals surface area contributed by atoms with E-state index < -0.39 is 4.92 Å². The van der Waals surface area contributed by atoms with E-state index in [4.69, 9.17) is 0 Å². The van der Waals surface area contributed by atoms with E-state index in [2.05, 4.69) is 4.98 Å². The van der Waals surface area contributed by atoms with Gasteiger partial charge in [-0.1, -0.05) is 0 Å². The molecule has 0 saturated heterocycles. The molecule has 1 aromatic carbocycles. The van der Waals surface area contributed by atoms with Gasteiger partial charge in [0.25, 0.3) is 5.69 Å². The van der Waals surface area contributed by atoms with E-state index in [-0.39, 0.29) is 5.69 Å². The predicted octanol–water partition coefficient (Wildman–Crippen LogP) is 1.33. The Morgan fingerprint density at radius 3 is 2.38 bits per heavy atom. The molecule has 0 unspecified atom stereocenters. The van der Waals surface area contributed by atoms with Gasteiger partial charge in [-0.3, -0.25) is 15.1 Å². The van der Waals surface area contributed by atoms with Crippen molar-refractivity contribution in [3.05, 3.63) is 64.7 Å².